The molecule has 1 spiro atoms. The maximum atomic E-state index is 6.49. The highest BCUT2D eigenvalue weighted by Crippen LogP contribution is 2.42. The predicted molar refractivity (Wildman–Crippen MR) is 125 cm³/mol. The molecular weight excluding hydrogens is 449 g/mol. The minimum absolute atomic E-state index is 0.0525. The van der Waals surface area contributed by atoms with Crippen LogP contribution >= 0.6 is 23.2 Å². The third kappa shape index (κ3) is 2.86. The lowest BCUT2D eigenvalue weighted by atomic mass is 9.73. The molecule has 2 aliphatic heterocycles. The van der Waals surface area contributed by atoms with E-state index in [0.29, 0.717) is 15.7 Å². The third-order valence-corrected chi connectivity index (χ3v) is 7.96. The smallest absolute Gasteiger partial charge is 0.213 e. The summed E-state index contributed by atoms with van der Waals surface area (Å²) in [4.78, 5) is 11.8. The van der Waals surface area contributed by atoms with Crippen LogP contribution in [0, 0.1) is 5.41 Å². The minimum atomic E-state index is 0.0525. The van der Waals surface area contributed by atoms with Gasteiger partial charge in [0, 0.05) is 42.5 Å². The number of imidazole rings is 1. The van der Waals surface area contributed by atoms with Gasteiger partial charge in [0.1, 0.15) is 0 Å². The van der Waals surface area contributed by atoms with Crippen molar-refractivity contribution in [1.82, 2.24) is 24.6 Å². The maximum absolute atomic E-state index is 6.49. The molecule has 1 aromatic carbocycles. The molecule has 0 bridgehead atoms. The van der Waals surface area contributed by atoms with Gasteiger partial charge in [-0.1, -0.05) is 35.3 Å². The van der Waals surface area contributed by atoms with Crippen molar-refractivity contribution in [2.45, 2.75) is 31.9 Å². The Hall–Kier alpha value is -2.39. The first-order valence-electron chi connectivity index (χ1n) is 10.8. The van der Waals surface area contributed by atoms with Gasteiger partial charge in [0.25, 0.3) is 0 Å². The second-order valence-corrected chi connectivity index (χ2v) is 9.61. The number of aromatic amines is 1. The largest absolute Gasteiger partial charge is 0.376 e. The van der Waals surface area contributed by atoms with E-state index in [-0.39, 0.29) is 17.6 Å². The average Bonchev–Trinajstić information content (AvgIpc) is 3.51. The number of hydrogen-bond acceptors (Lipinski definition) is 6. The zero-order valence-corrected chi connectivity index (χ0v) is 19.1. The fourth-order valence-electron chi connectivity index (χ4n) is 5.16. The van der Waals surface area contributed by atoms with Crippen LogP contribution < -0.4 is 10.6 Å². The third-order valence-electron chi connectivity index (χ3n) is 7.14. The van der Waals surface area contributed by atoms with Crippen LogP contribution in [0.15, 0.2) is 30.6 Å². The summed E-state index contributed by atoms with van der Waals surface area (Å²) in [6.07, 6.45) is 5.77. The monoisotopic (exact) mass is 471 g/mol. The molecule has 2 fully saturated rings. The molecule has 2 atom stereocenters. The summed E-state index contributed by atoms with van der Waals surface area (Å²) in [6, 6.07) is 5.61. The second kappa shape index (κ2) is 7.31. The highest BCUT2D eigenvalue weighted by Gasteiger charge is 2.47. The van der Waals surface area contributed by atoms with Crippen molar-refractivity contribution in [2.24, 2.45) is 11.1 Å². The zero-order chi connectivity index (χ0) is 22.0. The van der Waals surface area contributed by atoms with Crippen LogP contribution in [-0.2, 0) is 4.74 Å². The topological polar surface area (TPSA) is 97.4 Å². The molecule has 32 heavy (non-hydrogen) atoms. The Labute approximate surface area is 194 Å². The minimum Gasteiger partial charge on any atom is -0.376 e. The number of H-pyrrole nitrogens is 1. The molecule has 3 aromatic heterocycles. The predicted octanol–water partition coefficient (Wildman–Crippen LogP) is 3.91. The Balaban J connectivity index is 1.41. The number of nitrogens with zero attached hydrogens (tertiary/aromatic N) is 5. The lowest BCUT2D eigenvalue weighted by Gasteiger charge is -2.41. The van der Waals surface area contributed by atoms with E-state index < -0.39 is 0 Å². The summed E-state index contributed by atoms with van der Waals surface area (Å²) in [5, 5.41) is 9.36. The van der Waals surface area contributed by atoms with Gasteiger partial charge < -0.3 is 15.4 Å². The number of nitrogens with one attached hydrogen (secondary N) is 1. The van der Waals surface area contributed by atoms with E-state index in [1.54, 1.807) is 12.3 Å². The van der Waals surface area contributed by atoms with Gasteiger partial charge in [-0.3, -0.25) is 9.50 Å². The number of aromatic nitrogens is 5. The maximum Gasteiger partial charge on any atom is 0.213 e. The van der Waals surface area contributed by atoms with Gasteiger partial charge in [0.15, 0.2) is 11.3 Å². The standard InChI is InChI=1S/C22H23Cl2N7O/c1-12-18(25)22(11-32-12)5-8-30(9-6-22)21-27-19-15(20-26-7-10-31(20)21)17(28-29-19)13-3-2-4-14(23)16(13)24/h2-4,7,10,12,18H,5-6,8-9,11,25H2,1H3,(H,28,29)/t12-,18+/m0/s1. The van der Waals surface area contributed by atoms with E-state index in [4.69, 9.17) is 38.7 Å². The Morgan fingerprint density at radius 2 is 2.06 bits per heavy atom. The fourth-order valence-corrected chi connectivity index (χ4v) is 5.56. The summed E-state index contributed by atoms with van der Waals surface area (Å²) in [6.45, 7) is 4.51. The van der Waals surface area contributed by atoms with E-state index in [1.807, 2.05) is 22.7 Å². The number of halogens is 2. The molecule has 0 saturated carbocycles. The molecule has 0 radical (unpaired) electrons. The van der Waals surface area contributed by atoms with Crippen LogP contribution in [0.5, 0.6) is 0 Å². The summed E-state index contributed by atoms with van der Waals surface area (Å²) in [5.41, 5.74) is 9.44. The van der Waals surface area contributed by atoms with E-state index in [2.05, 4.69) is 27.0 Å². The average molecular weight is 472 g/mol. The van der Waals surface area contributed by atoms with Crippen LogP contribution in [0.2, 0.25) is 10.0 Å². The van der Waals surface area contributed by atoms with E-state index in [1.165, 1.54) is 0 Å². The summed E-state index contributed by atoms with van der Waals surface area (Å²) >= 11 is 12.7. The molecule has 5 heterocycles. The number of fused-ring (bicyclic) bond motifs is 3. The molecule has 166 valence electrons. The molecule has 10 heteroatoms. The number of anilines is 1. The van der Waals surface area contributed by atoms with Crippen LogP contribution in [0.1, 0.15) is 19.8 Å². The van der Waals surface area contributed by atoms with Crippen molar-refractivity contribution in [2.75, 3.05) is 24.6 Å². The molecule has 0 amide bonds. The highest BCUT2D eigenvalue weighted by atomic mass is 35.5. The van der Waals surface area contributed by atoms with Crippen LogP contribution in [0.25, 0.3) is 27.9 Å². The molecular formula is C22H23Cl2N7O. The normalized spacial score (nSPS) is 23.1. The van der Waals surface area contributed by atoms with Gasteiger partial charge >= 0.3 is 0 Å². The second-order valence-electron chi connectivity index (χ2n) is 8.82. The summed E-state index contributed by atoms with van der Waals surface area (Å²) in [7, 11) is 0. The van der Waals surface area contributed by atoms with Crippen LogP contribution in [-0.4, -0.2) is 56.4 Å². The molecule has 0 aliphatic carbocycles. The lowest BCUT2D eigenvalue weighted by Crippen LogP contribution is -2.51. The number of benzene rings is 1. The first-order valence-corrected chi connectivity index (χ1v) is 11.5. The lowest BCUT2D eigenvalue weighted by molar-refractivity contribution is 0.0973. The number of rotatable bonds is 2. The zero-order valence-electron chi connectivity index (χ0n) is 17.6. The molecule has 8 nitrogen and oxygen atoms in total. The Bertz CT molecular complexity index is 1320. The first kappa shape index (κ1) is 20.2. The van der Waals surface area contributed by atoms with Gasteiger partial charge in [-0.25, -0.2) is 4.98 Å². The van der Waals surface area contributed by atoms with E-state index in [9.17, 15) is 0 Å². The van der Waals surface area contributed by atoms with Crippen molar-refractivity contribution >= 4 is 45.8 Å². The van der Waals surface area contributed by atoms with Crippen molar-refractivity contribution in [3.05, 3.63) is 40.6 Å². The highest BCUT2D eigenvalue weighted by molar-refractivity contribution is 6.43. The first-order chi connectivity index (χ1) is 15.5. The van der Waals surface area contributed by atoms with Crippen molar-refractivity contribution < 1.29 is 4.74 Å². The molecule has 4 aromatic rings. The quantitative estimate of drug-likeness (QED) is 0.459. The van der Waals surface area contributed by atoms with Gasteiger partial charge in [-0.2, -0.15) is 10.1 Å². The molecule has 2 aliphatic rings. The van der Waals surface area contributed by atoms with Crippen molar-refractivity contribution in [1.29, 1.82) is 0 Å². The van der Waals surface area contributed by atoms with Crippen LogP contribution in [0.3, 0.4) is 0 Å². The summed E-state index contributed by atoms with van der Waals surface area (Å²) in [5.74, 6) is 0.829. The Kier molecular flexibility index (Phi) is 4.62. The fraction of sp³-hybridized carbons (Fsp3) is 0.409. The van der Waals surface area contributed by atoms with E-state index >= 15 is 0 Å². The molecule has 6 rings (SSSR count). The molecule has 2 saturated heterocycles. The van der Waals surface area contributed by atoms with Crippen molar-refractivity contribution in [3.8, 4) is 11.3 Å². The Morgan fingerprint density at radius 3 is 2.81 bits per heavy atom. The number of ether oxygens (including phenoxy) is 1. The van der Waals surface area contributed by atoms with Gasteiger partial charge in [-0.15, -0.1) is 0 Å². The number of piperidine rings is 1. The van der Waals surface area contributed by atoms with Gasteiger partial charge in [-0.05, 0) is 25.8 Å². The summed E-state index contributed by atoms with van der Waals surface area (Å²) < 4.78 is 7.89. The van der Waals surface area contributed by atoms with Gasteiger partial charge in [0.2, 0.25) is 5.95 Å². The van der Waals surface area contributed by atoms with E-state index in [0.717, 1.165) is 60.8 Å². The Morgan fingerprint density at radius 1 is 1.25 bits per heavy atom. The number of nitrogens with two attached hydrogens (primary N) is 1. The molecule has 0 unspecified atom stereocenters. The SMILES string of the molecule is C[C@@H]1OCC2(CCN(c3nc4n[nH]c(-c5cccc(Cl)c5Cl)c4c4nccn34)CC2)[C@@H]1N. The van der Waals surface area contributed by atoms with Gasteiger partial charge in [0.05, 0.1) is 33.8 Å². The van der Waals surface area contributed by atoms with Crippen molar-refractivity contribution in [3.63, 3.8) is 0 Å². The molecule has 3 N–H and O–H groups in total. The van der Waals surface area contributed by atoms with Crippen LogP contribution in [0.4, 0.5) is 5.95 Å². The number of hydrogen-bond donors (Lipinski definition) is 2.